The minimum Gasteiger partial charge on any atom is -0.368 e. The Balaban J connectivity index is 1.75. The molecule has 0 bridgehead atoms. The predicted octanol–water partition coefficient (Wildman–Crippen LogP) is 2.50. The lowest BCUT2D eigenvalue weighted by atomic mass is 9.92. The molecule has 1 unspecified atom stereocenters. The molecule has 2 amide bonds. The van der Waals surface area contributed by atoms with E-state index in [4.69, 9.17) is 5.73 Å². The minimum absolute atomic E-state index is 0.0931. The molecule has 1 radical (unpaired) electrons. The average molecular weight is 319 g/mol. The van der Waals surface area contributed by atoms with Crippen LogP contribution < -0.4 is 5.73 Å². The molecule has 2 aromatic rings. The molecular formula is C20H19N2O2. The van der Waals surface area contributed by atoms with Crippen LogP contribution in [0.1, 0.15) is 29.2 Å². The van der Waals surface area contributed by atoms with E-state index in [9.17, 15) is 9.59 Å². The van der Waals surface area contributed by atoms with Crippen LogP contribution in [0.25, 0.3) is 6.08 Å². The number of hydrogen-bond donors (Lipinski definition) is 1. The first-order valence-corrected chi connectivity index (χ1v) is 7.96. The van der Waals surface area contributed by atoms with Gasteiger partial charge in [0, 0.05) is 13.0 Å². The van der Waals surface area contributed by atoms with E-state index >= 15 is 0 Å². The summed E-state index contributed by atoms with van der Waals surface area (Å²) >= 11 is 0. The van der Waals surface area contributed by atoms with Crippen molar-refractivity contribution in [2.75, 3.05) is 6.54 Å². The molecule has 0 saturated heterocycles. The summed E-state index contributed by atoms with van der Waals surface area (Å²) in [5.41, 5.74) is 8.45. The monoisotopic (exact) mass is 319 g/mol. The van der Waals surface area contributed by atoms with Crippen molar-refractivity contribution < 1.29 is 9.59 Å². The summed E-state index contributed by atoms with van der Waals surface area (Å²) in [5, 5.41) is 0. The first-order valence-electron chi connectivity index (χ1n) is 7.96. The number of nitrogens with two attached hydrogens (primary N) is 1. The molecule has 3 rings (SSSR count). The van der Waals surface area contributed by atoms with Crippen LogP contribution in [0.5, 0.6) is 0 Å². The summed E-state index contributed by atoms with van der Waals surface area (Å²) in [6.07, 6.45) is 4.69. The van der Waals surface area contributed by atoms with Crippen molar-refractivity contribution in [3.63, 3.8) is 0 Å². The van der Waals surface area contributed by atoms with Gasteiger partial charge in [-0.2, -0.15) is 0 Å². The molecular weight excluding hydrogens is 300 g/mol. The van der Waals surface area contributed by atoms with Crippen molar-refractivity contribution in [2.24, 2.45) is 5.73 Å². The topological polar surface area (TPSA) is 63.4 Å². The van der Waals surface area contributed by atoms with E-state index in [-0.39, 0.29) is 12.3 Å². The second kappa shape index (κ2) is 7.13. The Kier molecular flexibility index (Phi) is 4.75. The zero-order valence-corrected chi connectivity index (χ0v) is 13.3. The fraction of sp³-hybridized carbons (Fsp3) is 0.200. The van der Waals surface area contributed by atoms with E-state index in [1.165, 1.54) is 0 Å². The van der Waals surface area contributed by atoms with Gasteiger partial charge < -0.3 is 10.6 Å². The van der Waals surface area contributed by atoms with Gasteiger partial charge in [-0.3, -0.25) is 9.59 Å². The van der Waals surface area contributed by atoms with Gasteiger partial charge in [0.05, 0.1) is 0 Å². The van der Waals surface area contributed by atoms with Crippen molar-refractivity contribution in [1.82, 2.24) is 4.90 Å². The summed E-state index contributed by atoms with van der Waals surface area (Å²) in [7, 11) is 0. The predicted molar refractivity (Wildman–Crippen MR) is 92.7 cm³/mol. The van der Waals surface area contributed by atoms with Crippen LogP contribution in [0.2, 0.25) is 0 Å². The Morgan fingerprint density at radius 3 is 2.79 bits per heavy atom. The molecule has 1 aliphatic rings. The molecule has 2 aromatic carbocycles. The fourth-order valence-corrected chi connectivity index (χ4v) is 3.05. The van der Waals surface area contributed by atoms with Crippen molar-refractivity contribution in [1.29, 1.82) is 0 Å². The summed E-state index contributed by atoms with van der Waals surface area (Å²) in [6, 6.07) is 17.5. The third-order valence-corrected chi connectivity index (χ3v) is 4.21. The highest BCUT2D eigenvalue weighted by atomic mass is 16.2. The lowest BCUT2D eigenvalue weighted by Crippen LogP contribution is -2.45. The second-order valence-corrected chi connectivity index (χ2v) is 5.78. The Morgan fingerprint density at radius 1 is 1.25 bits per heavy atom. The van der Waals surface area contributed by atoms with E-state index in [1.54, 1.807) is 11.0 Å². The minimum atomic E-state index is -0.694. The zero-order chi connectivity index (χ0) is 16.9. The number of benzene rings is 2. The fourth-order valence-electron chi connectivity index (χ4n) is 3.05. The number of amides is 2. The first-order chi connectivity index (χ1) is 11.7. The van der Waals surface area contributed by atoms with E-state index in [1.807, 2.05) is 54.6 Å². The molecule has 1 aliphatic heterocycles. The van der Waals surface area contributed by atoms with E-state index in [0.29, 0.717) is 13.0 Å². The number of carbonyl (C=O) groups excluding carboxylic acids is 2. The number of nitrogens with zero attached hydrogens (tertiary/aromatic N) is 1. The molecule has 4 heteroatoms. The maximum absolute atomic E-state index is 12.6. The molecule has 4 nitrogen and oxygen atoms in total. The highest BCUT2D eigenvalue weighted by molar-refractivity contribution is 5.89. The van der Waals surface area contributed by atoms with Gasteiger partial charge in [-0.15, -0.1) is 0 Å². The number of primary amides is 1. The maximum atomic E-state index is 12.6. The summed E-state index contributed by atoms with van der Waals surface area (Å²) in [6.45, 7) is 0.496. The highest BCUT2D eigenvalue weighted by Crippen LogP contribution is 2.29. The Bertz CT molecular complexity index is 768. The van der Waals surface area contributed by atoms with Crippen LogP contribution >= 0.6 is 0 Å². The number of rotatable bonds is 4. The van der Waals surface area contributed by atoms with Gasteiger partial charge in [0.2, 0.25) is 11.8 Å². The summed E-state index contributed by atoms with van der Waals surface area (Å²) in [4.78, 5) is 26.1. The summed E-state index contributed by atoms with van der Waals surface area (Å²) in [5.74, 6) is -0.591. The molecule has 1 atom stereocenters. The largest absolute Gasteiger partial charge is 0.368 e. The molecule has 121 valence electrons. The summed E-state index contributed by atoms with van der Waals surface area (Å²) < 4.78 is 0. The lowest BCUT2D eigenvalue weighted by molar-refractivity contribution is -0.139. The van der Waals surface area contributed by atoms with Crippen LogP contribution in [0, 0.1) is 6.07 Å². The SMILES string of the molecule is NC(=O)C1c2cc[c]cc2CCN1C(=O)CC=Cc1ccccc1. The van der Waals surface area contributed by atoms with Crippen LogP contribution in [0.3, 0.4) is 0 Å². The van der Waals surface area contributed by atoms with E-state index in [2.05, 4.69) is 6.07 Å². The molecule has 0 aliphatic carbocycles. The van der Waals surface area contributed by atoms with Crippen molar-refractivity contribution in [2.45, 2.75) is 18.9 Å². The van der Waals surface area contributed by atoms with Crippen LogP contribution in [-0.4, -0.2) is 23.3 Å². The standard InChI is InChI=1S/C20H19N2O2/c21-20(24)19-17-11-5-4-10-16(17)13-14-22(19)18(23)12-6-9-15-7-2-1-3-8-15/h1-3,5-11,19H,12-14H2,(H2,21,24). The third kappa shape index (κ3) is 3.38. The van der Waals surface area contributed by atoms with Crippen LogP contribution in [0.4, 0.5) is 0 Å². The maximum Gasteiger partial charge on any atom is 0.244 e. The van der Waals surface area contributed by atoms with Gasteiger partial charge >= 0.3 is 0 Å². The van der Waals surface area contributed by atoms with Crippen molar-refractivity contribution in [3.8, 4) is 0 Å². The number of carbonyl (C=O) groups is 2. The zero-order valence-electron chi connectivity index (χ0n) is 13.3. The molecule has 0 fully saturated rings. The second-order valence-electron chi connectivity index (χ2n) is 5.78. The van der Waals surface area contributed by atoms with Gasteiger partial charge in [0.25, 0.3) is 0 Å². The third-order valence-electron chi connectivity index (χ3n) is 4.21. The van der Waals surface area contributed by atoms with Gasteiger partial charge in [-0.25, -0.2) is 0 Å². The van der Waals surface area contributed by atoms with Gasteiger partial charge in [-0.05, 0) is 29.2 Å². The van der Waals surface area contributed by atoms with Gasteiger partial charge in [0.1, 0.15) is 6.04 Å². The quantitative estimate of drug-likeness (QED) is 0.941. The molecule has 2 N–H and O–H groups in total. The Morgan fingerprint density at radius 2 is 2.04 bits per heavy atom. The normalized spacial score (nSPS) is 16.8. The van der Waals surface area contributed by atoms with Crippen LogP contribution in [-0.2, 0) is 16.0 Å². The first kappa shape index (κ1) is 16.0. The van der Waals surface area contributed by atoms with E-state index < -0.39 is 11.9 Å². The van der Waals surface area contributed by atoms with Crippen molar-refractivity contribution in [3.05, 3.63) is 77.4 Å². The van der Waals surface area contributed by atoms with Gasteiger partial charge in [-0.1, -0.05) is 60.7 Å². The molecule has 0 aromatic heterocycles. The number of hydrogen-bond acceptors (Lipinski definition) is 2. The average Bonchev–Trinajstić information content (AvgIpc) is 2.61. The molecule has 24 heavy (non-hydrogen) atoms. The Hall–Kier alpha value is -2.88. The molecule has 0 spiro atoms. The van der Waals surface area contributed by atoms with Crippen molar-refractivity contribution >= 4 is 17.9 Å². The van der Waals surface area contributed by atoms with Gasteiger partial charge in [0.15, 0.2) is 0 Å². The Labute approximate surface area is 141 Å². The molecule has 1 heterocycles. The number of fused-ring (bicyclic) bond motifs is 1. The lowest BCUT2D eigenvalue weighted by Gasteiger charge is -2.35. The highest BCUT2D eigenvalue weighted by Gasteiger charge is 2.33. The smallest absolute Gasteiger partial charge is 0.244 e. The molecule has 0 saturated carbocycles. The van der Waals surface area contributed by atoms with Crippen LogP contribution in [0.15, 0.2) is 54.6 Å². The van der Waals surface area contributed by atoms with E-state index in [0.717, 1.165) is 16.7 Å².